The summed E-state index contributed by atoms with van der Waals surface area (Å²) in [5.41, 5.74) is -0.0947. The van der Waals surface area contributed by atoms with Gasteiger partial charge in [-0.1, -0.05) is 18.5 Å². The van der Waals surface area contributed by atoms with Crippen LogP contribution in [-0.2, 0) is 9.59 Å². The standard InChI is InChI=1S/C20H21ClFN5O3/c1-10-4-6-27(7-5-10)20-25-17-16(19(30)26-20)12(9-15(28)24-17)18(29)23-11-2-3-14(22)13(21)8-11/h2-3,8,10,12H,4-7,9H2,1H3,(H,23,29)(H2,24,25,26,28,30). The van der Waals surface area contributed by atoms with Crippen LogP contribution < -0.4 is 21.1 Å². The number of carbonyl (C=O) groups is 2. The zero-order valence-electron chi connectivity index (χ0n) is 16.3. The number of carbonyl (C=O) groups excluding carboxylic acids is 2. The lowest BCUT2D eigenvalue weighted by Crippen LogP contribution is -2.39. The number of H-pyrrole nitrogens is 1. The second kappa shape index (κ2) is 8.06. The van der Waals surface area contributed by atoms with Crippen molar-refractivity contribution in [2.24, 2.45) is 5.92 Å². The minimum atomic E-state index is -1.02. The van der Waals surface area contributed by atoms with Crippen LogP contribution in [0.15, 0.2) is 23.0 Å². The maximum atomic E-state index is 13.3. The Kier molecular flexibility index (Phi) is 5.46. The number of anilines is 3. The molecular weight excluding hydrogens is 413 g/mol. The Morgan fingerprint density at radius 1 is 1.30 bits per heavy atom. The van der Waals surface area contributed by atoms with Gasteiger partial charge in [0.05, 0.1) is 16.5 Å². The number of nitrogens with zero attached hydrogens (tertiary/aromatic N) is 2. The molecule has 0 spiro atoms. The summed E-state index contributed by atoms with van der Waals surface area (Å²) in [4.78, 5) is 47.0. The van der Waals surface area contributed by atoms with Crippen LogP contribution in [-0.4, -0.2) is 34.9 Å². The first kappa shape index (κ1) is 20.3. The van der Waals surface area contributed by atoms with E-state index in [2.05, 4.69) is 27.5 Å². The first-order valence-electron chi connectivity index (χ1n) is 9.76. The van der Waals surface area contributed by atoms with Crippen LogP contribution >= 0.6 is 11.6 Å². The summed E-state index contributed by atoms with van der Waals surface area (Å²) in [7, 11) is 0. The zero-order chi connectivity index (χ0) is 21.4. The highest BCUT2D eigenvalue weighted by Crippen LogP contribution is 2.31. The highest BCUT2D eigenvalue weighted by Gasteiger charge is 2.35. The number of aromatic amines is 1. The smallest absolute Gasteiger partial charge is 0.258 e. The summed E-state index contributed by atoms with van der Waals surface area (Å²) in [6.45, 7) is 3.69. The van der Waals surface area contributed by atoms with Gasteiger partial charge >= 0.3 is 0 Å². The number of benzene rings is 1. The molecule has 1 aromatic heterocycles. The van der Waals surface area contributed by atoms with Crippen molar-refractivity contribution >= 4 is 40.9 Å². The zero-order valence-corrected chi connectivity index (χ0v) is 17.1. The number of piperidine rings is 1. The maximum Gasteiger partial charge on any atom is 0.258 e. The molecule has 30 heavy (non-hydrogen) atoms. The van der Waals surface area contributed by atoms with Gasteiger partial charge in [-0.15, -0.1) is 0 Å². The average Bonchev–Trinajstić information content (AvgIpc) is 2.70. The average molecular weight is 434 g/mol. The highest BCUT2D eigenvalue weighted by atomic mass is 35.5. The summed E-state index contributed by atoms with van der Waals surface area (Å²) in [5.74, 6) is -1.52. The monoisotopic (exact) mass is 433 g/mol. The van der Waals surface area contributed by atoms with Gasteiger partial charge in [-0.05, 0) is 37.0 Å². The second-order valence-electron chi connectivity index (χ2n) is 7.74. The van der Waals surface area contributed by atoms with E-state index in [1.165, 1.54) is 12.1 Å². The van der Waals surface area contributed by atoms with Crippen LogP contribution in [0.3, 0.4) is 0 Å². The number of fused-ring (bicyclic) bond motifs is 1. The number of aromatic nitrogens is 2. The van der Waals surface area contributed by atoms with Crippen molar-refractivity contribution in [2.45, 2.75) is 32.1 Å². The fraction of sp³-hybridized carbons (Fsp3) is 0.400. The first-order chi connectivity index (χ1) is 14.3. The molecule has 2 amide bonds. The number of nitrogens with one attached hydrogen (secondary N) is 3. The van der Waals surface area contributed by atoms with Gasteiger partial charge < -0.3 is 15.5 Å². The van der Waals surface area contributed by atoms with Gasteiger partial charge in [0, 0.05) is 25.2 Å². The lowest BCUT2D eigenvalue weighted by atomic mass is 9.92. The maximum absolute atomic E-state index is 13.3. The van der Waals surface area contributed by atoms with Crippen molar-refractivity contribution in [3.63, 3.8) is 0 Å². The van der Waals surface area contributed by atoms with Gasteiger partial charge in [-0.2, -0.15) is 4.98 Å². The minimum Gasteiger partial charge on any atom is -0.342 e. The summed E-state index contributed by atoms with van der Waals surface area (Å²) in [6, 6.07) is 3.74. The Morgan fingerprint density at radius 3 is 2.73 bits per heavy atom. The van der Waals surface area contributed by atoms with E-state index in [9.17, 15) is 18.8 Å². The van der Waals surface area contributed by atoms with Gasteiger partial charge in [0.2, 0.25) is 17.8 Å². The number of amides is 2. The summed E-state index contributed by atoms with van der Waals surface area (Å²) >= 11 is 5.75. The van der Waals surface area contributed by atoms with Crippen LogP contribution in [0.5, 0.6) is 0 Å². The molecule has 3 heterocycles. The van der Waals surface area contributed by atoms with E-state index < -0.39 is 29.1 Å². The van der Waals surface area contributed by atoms with Crippen molar-refractivity contribution < 1.29 is 14.0 Å². The molecule has 1 fully saturated rings. The third-order valence-electron chi connectivity index (χ3n) is 5.53. The lowest BCUT2D eigenvalue weighted by Gasteiger charge is -2.31. The molecule has 0 bridgehead atoms. The Morgan fingerprint density at radius 2 is 2.03 bits per heavy atom. The van der Waals surface area contributed by atoms with E-state index in [-0.39, 0.29) is 28.5 Å². The molecule has 2 aliphatic rings. The number of hydrogen-bond acceptors (Lipinski definition) is 5. The van der Waals surface area contributed by atoms with E-state index in [0.717, 1.165) is 32.0 Å². The van der Waals surface area contributed by atoms with Crippen LogP contribution in [0.1, 0.15) is 37.7 Å². The van der Waals surface area contributed by atoms with Gasteiger partial charge in [0.1, 0.15) is 11.6 Å². The van der Waals surface area contributed by atoms with Crippen LogP contribution in [0, 0.1) is 11.7 Å². The Labute approximate surface area is 176 Å². The molecule has 0 aliphatic carbocycles. The largest absolute Gasteiger partial charge is 0.342 e. The molecule has 3 N–H and O–H groups in total. The molecule has 1 atom stereocenters. The van der Waals surface area contributed by atoms with E-state index in [1.807, 2.05) is 4.90 Å². The summed E-state index contributed by atoms with van der Waals surface area (Å²) in [5, 5.41) is 5.05. The van der Waals surface area contributed by atoms with E-state index in [0.29, 0.717) is 11.9 Å². The van der Waals surface area contributed by atoms with Gasteiger partial charge in [0.25, 0.3) is 5.56 Å². The Bertz CT molecular complexity index is 1060. The van der Waals surface area contributed by atoms with E-state index in [1.54, 1.807) is 0 Å². The molecule has 0 saturated carbocycles. The molecule has 158 valence electrons. The van der Waals surface area contributed by atoms with Gasteiger partial charge in [-0.25, -0.2) is 4.39 Å². The topological polar surface area (TPSA) is 107 Å². The lowest BCUT2D eigenvalue weighted by molar-refractivity contribution is -0.123. The van der Waals surface area contributed by atoms with Crippen molar-refractivity contribution in [3.8, 4) is 0 Å². The second-order valence-corrected chi connectivity index (χ2v) is 8.15. The molecule has 4 rings (SSSR count). The molecular formula is C20H21ClFN5O3. The van der Waals surface area contributed by atoms with Crippen LogP contribution in [0.25, 0.3) is 0 Å². The fourth-order valence-electron chi connectivity index (χ4n) is 3.76. The summed E-state index contributed by atoms with van der Waals surface area (Å²) < 4.78 is 13.3. The highest BCUT2D eigenvalue weighted by molar-refractivity contribution is 6.31. The third kappa shape index (κ3) is 4.02. The van der Waals surface area contributed by atoms with Crippen LogP contribution in [0.4, 0.5) is 21.8 Å². The molecule has 10 heteroatoms. The number of hydrogen-bond donors (Lipinski definition) is 3. The molecule has 1 saturated heterocycles. The normalized spacial score (nSPS) is 19.2. The van der Waals surface area contributed by atoms with E-state index >= 15 is 0 Å². The molecule has 1 unspecified atom stereocenters. The van der Waals surface area contributed by atoms with Crippen molar-refractivity contribution in [1.29, 1.82) is 0 Å². The Balaban J connectivity index is 1.62. The van der Waals surface area contributed by atoms with Gasteiger partial charge in [-0.3, -0.25) is 19.4 Å². The molecule has 0 radical (unpaired) electrons. The molecule has 2 aromatic rings. The third-order valence-corrected chi connectivity index (χ3v) is 5.82. The van der Waals surface area contributed by atoms with Crippen molar-refractivity contribution in [1.82, 2.24) is 9.97 Å². The quantitative estimate of drug-likeness (QED) is 0.690. The van der Waals surface area contributed by atoms with E-state index in [4.69, 9.17) is 11.6 Å². The number of rotatable bonds is 3. The van der Waals surface area contributed by atoms with Crippen molar-refractivity contribution in [3.05, 3.63) is 45.0 Å². The first-order valence-corrected chi connectivity index (χ1v) is 10.1. The SMILES string of the molecule is CC1CCN(c2nc3c(c(=O)[nH]2)C(C(=O)Nc2ccc(F)c(Cl)c2)CC(=O)N3)CC1. The Hall–Kier alpha value is -2.94. The summed E-state index contributed by atoms with van der Waals surface area (Å²) in [6.07, 6.45) is 1.77. The number of halogens is 2. The molecule has 1 aromatic carbocycles. The predicted molar refractivity (Wildman–Crippen MR) is 111 cm³/mol. The van der Waals surface area contributed by atoms with Crippen molar-refractivity contribution in [2.75, 3.05) is 28.6 Å². The van der Waals surface area contributed by atoms with Crippen LogP contribution in [0.2, 0.25) is 5.02 Å². The molecule has 8 nitrogen and oxygen atoms in total. The minimum absolute atomic E-state index is 0.0981. The fourth-order valence-corrected chi connectivity index (χ4v) is 3.94. The predicted octanol–water partition coefficient (Wildman–Crippen LogP) is 2.86. The molecule has 2 aliphatic heterocycles. The van der Waals surface area contributed by atoms with Gasteiger partial charge in [0.15, 0.2) is 0 Å².